The summed E-state index contributed by atoms with van der Waals surface area (Å²) in [5.74, 6) is 1.11. The van der Waals surface area contributed by atoms with Gasteiger partial charge in [-0.3, -0.25) is 0 Å². The third kappa shape index (κ3) is 4.57. The molecule has 0 aromatic heterocycles. The van der Waals surface area contributed by atoms with E-state index in [4.69, 9.17) is 0 Å². The van der Waals surface area contributed by atoms with Gasteiger partial charge in [-0.1, -0.05) is 36.3 Å². The van der Waals surface area contributed by atoms with Gasteiger partial charge in [0.1, 0.15) is 0 Å². The third-order valence-corrected chi connectivity index (χ3v) is 4.12. The molecule has 1 N–H and O–H groups in total. The minimum absolute atomic E-state index is 0.200. The summed E-state index contributed by atoms with van der Waals surface area (Å²) in [6.45, 7) is 0. The van der Waals surface area contributed by atoms with Gasteiger partial charge in [0.2, 0.25) is 0 Å². The highest BCUT2D eigenvalue weighted by atomic mass is 32.2. The first-order chi connectivity index (χ1) is 8.34. The monoisotopic (exact) mass is 248 g/mol. The normalized spacial score (nSPS) is 20.8. The van der Waals surface area contributed by atoms with Crippen LogP contribution in [0.4, 0.5) is 0 Å². The van der Waals surface area contributed by atoms with Gasteiger partial charge < -0.3 is 5.11 Å². The average molecular weight is 248 g/mol. The fourth-order valence-electron chi connectivity index (χ4n) is 2.17. The van der Waals surface area contributed by atoms with Gasteiger partial charge >= 0.3 is 0 Å². The standard InChI is InChI=1S/C15H20OS/c16-14-7-5-4-6-13(12-14)10-11-17-15-8-2-1-3-9-15/h1-3,8-9,12,14,16H,4-7,10-11H2. The molecule has 0 radical (unpaired) electrons. The van der Waals surface area contributed by atoms with Crippen LogP contribution >= 0.6 is 11.8 Å². The first-order valence-corrected chi connectivity index (χ1v) is 7.38. The van der Waals surface area contributed by atoms with Crippen molar-refractivity contribution >= 4 is 11.8 Å². The molecule has 0 spiro atoms. The second-order valence-electron chi connectivity index (χ2n) is 4.55. The second-order valence-corrected chi connectivity index (χ2v) is 5.72. The van der Waals surface area contributed by atoms with E-state index in [1.165, 1.54) is 23.3 Å². The van der Waals surface area contributed by atoms with E-state index in [2.05, 4.69) is 30.3 Å². The number of thioether (sulfide) groups is 1. The van der Waals surface area contributed by atoms with Crippen LogP contribution in [-0.4, -0.2) is 17.0 Å². The molecule has 1 aromatic rings. The zero-order chi connectivity index (χ0) is 11.9. The zero-order valence-electron chi connectivity index (χ0n) is 10.1. The minimum Gasteiger partial charge on any atom is -0.389 e. The molecule has 1 atom stereocenters. The summed E-state index contributed by atoms with van der Waals surface area (Å²) in [6, 6.07) is 10.5. The molecule has 0 saturated heterocycles. The molecule has 1 unspecified atom stereocenters. The van der Waals surface area contributed by atoms with E-state index in [-0.39, 0.29) is 6.10 Å². The van der Waals surface area contributed by atoms with Crippen LogP contribution in [0.15, 0.2) is 46.9 Å². The summed E-state index contributed by atoms with van der Waals surface area (Å²) < 4.78 is 0. The fourth-order valence-corrected chi connectivity index (χ4v) is 3.12. The fraction of sp³-hybridized carbons (Fsp3) is 0.467. The molecule has 0 aliphatic heterocycles. The number of aliphatic hydroxyl groups is 1. The van der Waals surface area contributed by atoms with Crippen LogP contribution in [0.1, 0.15) is 32.1 Å². The Labute approximate surface area is 108 Å². The van der Waals surface area contributed by atoms with Crippen molar-refractivity contribution in [2.24, 2.45) is 0 Å². The first-order valence-electron chi connectivity index (χ1n) is 6.40. The Kier molecular flexibility index (Phi) is 5.14. The Morgan fingerprint density at radius 1 is 1.18 bits per heavy atom. The smallest absolute Gasteiger partial charge is 0.0723 e. The lowest BCUT2D eigenvalue weighted by atomic mass is 10.1. The Hall–Kier alpha value is -0.730. The molecule has 0 saturated carbocycles. The SMILES string of the molecule is OC1C=C(CCSc2ccccc2)CCCC1. The molecule has 1 aromatic carbocycles. The maximum atomic E-state index is 9.69. The number of benzene rings is 1. The molecular weight excluding hydrogens is 228 g/mol. The second kappa shape index (κ2) is 6.87. The molecule has 92 valence electrons. The highest BCUT2D eigenvalue weighted by molar-refractivity contribution is 7.99. The van der Waals surface area contributed by atoms with Crippen molar-refractivity contribution in [3.05, 3.63) is 42.0 Å². The molecule has 1 aliphatic rings. The summed E-state index contributed by atoms with van der Waals surface area (Å²) in [5.41, 5.74) is 1.44. The van der Waals surface area contributed by atoms with Crippen LogP contribution < -0.4 is 0 Å². The van der Waals surface area contributed by atoms with Gasteiger partial charge in [0.25, 0.3) is 0 Å². The van der Waals surface area contributed by atoms with E-state index in [1.54, 1.807) is 0 Å². The Balaban J connectivity index is 1.78. The van der Waals surface area contributed by atoms with E-state index >= 15 is 0 Å². The van der Waals surface area contributed by atoms with Crippen molar-refractivity contribution in [1.82, 2.24) is 0 Å². The lowest BCUT2D eigenvalue weighted by Gasteiger charge is -2.06. The zero-order valence-corrected chi connectivity index (χ0v) is 11.0. The summed E-state index contributed by atoms with van der Waals surface area (Å²) in [6.07, 6.45) is 7.50. The van der Waals surface area contributed by atoms with Gasteiger partial charge in [0, 0.05) is 10.6 Å². The van der Waals surface area contributed by atoms with Crippen LogP contribution in [0.5, 0.6) is 0 Å². The van der Waals surface area contributed by atoms with Crippen molar-refractivity contribution < 1.29 is 5.11 Å². The maximum Gasteiger partial charge on any atom is 0.0723 e. The van der Waals surface area contributed by atoms with Gasteiger partial charge in [0.05, 0.1) is 6.10 Å². The van der Waals surface area contributed by atoms with E-state index in [0.29, 0.717) is 0 Å². The van der Waals surface area contributed by atoms with Gasteiger partial charge in [-0.15, -0.1) is 11.8 Å². The van der Waals surface area contributed by atoms with Crippen LogP contribution in [0.3, 0.4) is 0 Å². The highest BCUT2D eigenvalue weighted by Crippen LogP contribution is 2.24. The molecule has 0 fully saturated rings. The number of hydrogen-bond acceptors (Lipinski definition) is 2. The Morgan fingerprint density at radius 3 is 2.82 bits per heavy atom. The molecule has 2 rings (SSSR count). The molecule has 1 nitrogen and oxygen atoms in total. The van der Waals surface area contributed by atoms with Gasteiger partial charge in [-0.25, -0.2) is 0 Å². The van der Waals surface area contributed by atoms with Crippen LogP contribution in [-0.2, 0) is 0 Å². The van der Waals surface area contributed by atoms with E-state index in [0.717, 1.165) is 25.0 Å². The predicted molar refractivity (Wildman–Crippen MR) is 74.3 cm³/mol. The van der Waals surface area contributed by atoms with Crippen molar-refractivity contribution in [1.29, 1.82) is 0 Å². The van der Waals surface area contributed by atoms with Crippen LogP contribution in [0, 0.1) is 0 Å². The van der Waals surface area contributed by atoms with Crippen molar-refractivity contribution in [2.45, 2.75) is 43.1 Å². The van der Waals surface area contributed by atoms with E-state index < -0.39 is 0 Å². The number of allylic oxidation sites excluding steroid dienone is 1. The van der Waals surface area contributed by atoms with Crippen LogP contribution in [0.2, 0.25) is 0 Å². The Bertz CT molecular complexity index is 358. The van der Waals surface area contributed by atoms with Crippen molar-refractivity contribution in [3.63, 3.8) is 0 Å². The molecule has 1 aliphatic carbocycles. The summed E-state index contributed by atoms with van der Waals surface area (Å²) in [4.78, 5) is 1.34. The molecule has 17 heavy (non-hydrogen) atoms. The number of rotatable bonds is 4. The number of aliphatic hydroxyl groups excluding tert-OH is 1. The maximum absolute atomic E-state index is 9.69. The largest absolute Gasteiger partial charge is 0.389 e. The lowest BCUT2D eigenvalue weighted by molar-refractivity contribution is 0.211. The molecule has 0 amide bonds. The third-order valence-electron chi connectivity index (χ3n) is 3.11. The molecular formula is C15H20OS. The summed E-state index contributed by atoms with van der Waals surface area (Å²) in [5, 5.41) is 9.69. The minimum atomic E-state index is -0.200. The van der Waals surface area contributed by atoms with Crippen molar-refractivity contribution in [3.8, 4) is 0 Å². The highest BCUT2D eigenvalue weighted by Gasteiger charge is 2.08. The average Bonchev–Trinajstić information content (AvgIpc) is 2.55. The number of hydrogen-bond donors (Lipinski definition) is 1. The molecule has 0 bridgehead atoms. The quantitative estimate of drug-likeness (QED) is 0.641. The van der Waals surface area contributed by atoms with Gasteiger partial charge in [-0.2, -0.15) is 0 Å². The summed E-state index contributed by atoms with van der Waals surface area (Å²) >= 11 is 1.90. The van der Waals surface area contributed by atoms with Gasteiger partial charge in [0.15, 0.2) is 0 Å². The van der Waals surface area contributed by atoms with E-state index in [9.17, 15) is 5.11 Å². The van der Waals surface area contributed by atoms with E-state index in [1.807, 2.05) is 17.8 Å². The first kappa shape index (κ1) is 12.7. The van der Waals surface area contributed by atoms with Gasteiger partial charge in [-0.05, 0) is 37.8 Å². The molecule has 0 heterocycles. The predicted octanol–water partition coefficient (Wildman–Crippen LogP) is 4.03. The Morgan fingerprint density at radius 2 is 2.00 bits per heavy atom. The lowest BCUT2D eigenvalue weighted by Crippen LogP contribution is -2.00. The topological polar surface area (TPSA) is 20.2 Å². The van der Waals surface area contributed by atoms with Crippen LogP contribution in [0.25, 0.3) is 0 Å². The summed E-state index contributed by atoms with van der Waals surface area (Å²) in [7, 11) is 0. The van der Waals surface area contributed by atoms with Crippen molar-refractivity contribution in [2.75, 3.05) is 5.75 Å². The molecule has 2 heteroatoms.